The quantitative estimate of drug-likeness (QED) is 0.357. The van der Waals surface area contributed by atoms with Crippen molar-refractivity contribution in [2.24, 2.45) is 4.99 Å². The summed E-state index contributed by atoms with van der Waals surface area (Å²) in [5.41, 5.74) is 0. The molecule has 0 N–H and O–H groups in total. The van der Waals surface area contributed by atoms with Gasteiger partial charge >= 0.3 is 0 Å². The lowest BCUT2D eigenvalue weighted by Gasteiger charge is -2.05. The third-order valence-corrected chi connectivity index (χ3v) is 3.89. The molecule has 1 aromatic rings. The highest BCUT2D eigenvalue weighted by molar-refractivity contribution is 8.38. The summed E-state index contributed by atoms with van der Waals surface area (Å²) in [6.45, 7) is 0. The molecule has 0 amide bonds. The number of halogens is 1. The molecular formula is C10H9ClN2OS2. The highest BCUT2D eigenvalue weighted by atomic mass is 35.5. The van der Waals surface area contributed by atoms with E-state index in [9.17, 15) is 0 Å². The molecule has 0 atom stereocenters. The average molecular weight is 273 g/mol. The lowest BCUT2D eigenvalue weighted by atomic mass is 10.3. The second-order valence-electron chi connectivity index (χ2n) is 2.58. The number of hydrogen-bond donors (Lipinski definition) is 0. The number of aliphatic imine (C=N–C) groups is 1. The van der Waals surface area contributed by atoms with Gasteiger partial charge in [-0.25, -0.2) is 0 Å². The topological polar surface area (TPSA) is 45.4 Å². The van der Waals surface area contributed by atoms with Gasteiger partial charge in [0.05, 0.1) is 12.1 Å². The van der Waals surface area contributed by atoms with Crippen molar-refractivity contribution >= 4 is 39.5 Å². The first kappa shape index (κ1) is 13.2. The fourth-order valence-corrected chi connectivity index (χ4v) is 2.64. The van der Waals surface area contributed by atoms with Crippen molar-refractivity contribution < 1.29 is 4.74 Å². The molecule has 0 unspecified atom stereocenters. The third kappa shape index (κ3) is 3.63. The first-order chi connectivity index (χ1) is 7.71. The number of nitriles is 1. The number of hydrogen-bond acceptors (Lipinski definition) is 5. The molecule has 16 heavy (non-hydrogen) atoms. The largest absolute Gasteiger partial charge is 0.495 e. The van der Waals surface area contributed by atoms with Gasteiger partial charge in [-0.15, -0.1) is 11.8 Å². The Balaban J connectivity index is 2.87. The van der Waals surface area contributed by atoms with Crippen LogP contribution in [0, 0.1) is 11.5 Å². The number of ether oxygens (including phenoxy) is 1. The molecule has 0 aromatic heterocycles. The second-order valence-corrected chi connectivity index (χ2v) is 5.10. The Morgan fingerprint density at radius 1 is 1.56 bits per heavy atom. The van der Waals surface area contributed by atoms with E-state index in [1.807, 2.05) is 12.3 Å². The molecule has 0 aliphatic carbocycles. The molecule has 0 radical (unpaired) electrons. The van der Waals surface area contributed by atoms with Gasteiger partial charge in [-0.2, -0.15) is 10.3 Å². The SMILES string of the molecule is COc1ccc(SC(=NC#N)SC)cc1Cl. The molecule has 0 aliphatic heterocycles. The molecular weight excluding hydrogens is 264 g/mol. The Kier molecular flexibility index (Phi) is 5.53. The van der Waals surface area contributed by atoms with Gasteiger partial charge in [0.1, 0.15) is 10.1 Å². The van der Waals surface area contributed by atoms with E-state index in [0.29, 0.717) is 15.1 Å². The van der Waals surface area contributed by atoms with Crippen LogP contribution in [-0.4, -0.2) is 17.7 Å². The highest BCUT2D eigenvalue weighted by Gasteiger charge is 2.05. The zero-order chi connectivity index (χ0) is 12.0. The van der Waals surface area contributed by atoms with Crippen LogP contribution in [0.3, 0.4) is 0 Å². The van der Waals surface area contributed by atoms with Crippen LogP contribution in [0.2, 0.25) is 5.02 Å². The molecule has 0 saturated carbocycles. The van der Waals surface area contributed by atoms with Crippen LogP contribution >= 0.6 is 35.1 Å². The van der Waals surface area contributed by atoms with E-state index in [1.54, 1.807) is 25.4 Å². The van der Waals surface area contributed by atoms with E-state index in [4.69, 9.17) is 21.6 Å². The van der Waals surface area contributed by atoms with Crippen molar-refractivity contribution in [3.05, 3.63) is 23.2 Å². The average Bonchev–Trinajstić information content (AvgIpc) is 2.28. The summed E-state index contributed by atoms with van der Waals surface area (Å²) in [5.74, 6) is 0.633. The van der Waals surface area contributed by atoms with Crippen molar-refractivity contribution in [2.75, 3.05) is 13.4 Å². The molecule has 6 heteroatoms. The first-order valence-corrected chi connectivity index (χ1v) is 6.65. The van der Waals surface area contributed by atoms with Crippen LogP contribution in [-0.2, 0) is 0 Å². The van der Waals surface area contributed by atoms with Crippen LogP contribution in [0.25, 0.3) is 0 Å². The molecule has 1 rings (SSSR count). The van der Waals surface area contributed by atoms with Crippen LogP contribution in [0.1, 0.15) is 0 Å². The number of benzene rings is 1. The molecule has 0 aliphatic rings. The van der Waals surface area contributed by atoms with E-state index in [2.05, 4.69) is 4.99 Å². The Hall–Kier alpha value is -0.830. The molecule has 3 nitrogen and oxygen atoms in total. The zero-order valence-corrected chi connectivity index (χ0v) is 11.1. The predicted molar refractivity (Wildman–Crippen MR) is 70.4 cm³/mol. The van der Waals surface area contributed by atoms with Gasteiger partial charge in [-0.3, -0.25) is 0 Å². The lowest BCUT2D eigenvalue weighted by molar-refractivity contribution is 0.414. The molecule has 0 saturated heterocycles. The summed E-state index contributed by atoms with van der Waals surface area (Å²) >= 11 is 8.80. The van der Waals surface area contributed by atoms with Crippen molar-refractivity contribution in [1.29, 1.82) is 5.26 Å². The fourth-order valence-electron chi connectivity index (χ4n) is 0.962. The maximum absolute atomic E-state index is 8.47. The molecule has 0 bridgehead atoms. The van der Waals surface area contributed by atoms with Crippen molar-refractivity contribution in [2.45, 2.75) is 4.90 Å². The van der Waals surface area contributed by atoms with Gasteiger partial charge in [-0.05, 0) is 24.5 Å². The van der Waals surface area contributed by atoms with Crippen LogP contribution in [0.15, 0.2) is 28.1 Å². The summed E-state index contributed by atoms with van der Waals surface area (Å²) in [6, 6.07) is 5.45. The van der Waals surface area contributed by atoms with Crippen molar-refractivity contribution in [3.63, 3.8) is 0 Å². The Labute approximate surface area is 108 Å². The predicted octanol–water partition coefficient (Wildman–Crippen LogP) is 3.64. The second kappa shape index (κ2) is 6.69. The van der Waals surface area contributed by atoms with Crippen LogP contribution < -0.4 is 4.74 Å². The van der Waals surface area contributed by atoms with Crippen LogP contribution in [0.4, 0.5) is 0 Å². The molecule has 0 spiro atoms. The minimum absolute atomic E-state index is 0.546. The minimum atomic E-state index is 0.546. The molecule has 84 valence electrons. The van der Waals surface area contributed by atoms with Gasteiger partial charge in [0, 0.05) is 4.90 Å². The number of nitrogens with zero attached hydrogens (tertiary/aromatic N) is 2. The minimum Gasteiger partial charge on any atom is -0.495 e. The van der Waals surface area contributed by atoms with Gasteiger partial charge in [0.25, 0.3) is 0 Å². The van der Waals surface area contributed by atoms with E-state index < -0.39 is 0 Å². The van der Waals surface area contributed by atoms with Crippen molar-refractivity contribution in [1.82, 2.24) is 0 Å². The van der Waals surface area contributed by atoms with Crippen LogP contribution in [0.5, 0.6) is 5.75 Å². The molecule has 0 heterocycles. The highest BCUT2D eigenvalue weighted by Crippen LogP contribution is 2.31. The van der Waals surface area contributed by atoms with E-state index in [0.717, 1.165) is 4.90 Å². The summed E-state index contributed by atoms with van der Waals surface area (Å²) < 4.78 is 5.73. The molecule has 0 fully saturated rings. The normalized spacial score (nSPS) is 11.0. The smallest absolute Gasteiger partial charge is 0.207 e. The summed E-state index contributed by atoms with van der Waals surface area (Å²) in [5, 5.41) is 9.02. The monoisotopic (exact) mass is 272 g/mol. The maximum atomic E-state index is 8.47. The standard InChI is InChI=1S/C10H9ClN2OS2/c1-14-9-4-3-7(5-8(9)11)16-10(15-2)13-6-12/h3-5H,1-2H3. The third-order valence-electron chi connectivity index (χ3n) is 1.64. The van der Waals surface area contributed by atoms with E-state index in [-0.39, 0.29) is 0 Å². The first-order valence-electron chi connectivity index (χ1n) is 4.23. The van der Waals surface area contributed by atoms with Gasteiger partial charge < -0.3 is 4.74 Å². The maximum Gasteiger partial charge on any atom is 0.207 e. The fraction of sp³-hybridized carbons (Fsp3) is 0.200. The Morgan fingerprint density at radius 3 is 2.81 bits per heavy atom. The van der Waals surface area contributed by atoms with E-state index >= 15 is 0 Å². The number of methoxy groups -OCH3 is 1. The zero-order valence-electron chi connectivity index (χ0n) is 8.73. The molecule has 1 aromatic carbocycles. The van der Waals surface area contributed by atoms with Crippen molar-refractivity contribution in [3.8, 4) is 11.9 Å². The lowest BCUT2D eigenvalue weighted by Crippen LogP contribution is -1.86. The number of rotatable bonds is 2. The summed E-state index contributed by atoms with van der Waals surface area (Å²) in [6.07, 6.45) is 3.63. The van der Waals surface area contributed by atoms with Gasteiger partial charge in [0.2, 0.25) is 6.19 Å². The van der Waals surface area contributed by atoms with Gasteiger partial charge in [-0.1, -0.05) is 23.4 Å². The van der Waals surface area contributed by atoms with Gasteiger partial charge in [0.15, 0.2) is 0 Å². The summed E-state index contributed by atoms with van der Waals surface area (Å²) in [4.78, 5) is 4.61. The Morgan fingerprint density at radius 2 is 2.31 bits per heavy atom. The van der Waals surface area contributed by atoms with E-state index in [1.165, 1.54) is 23.5 Å². The summed E-state index contributed by atoms with van der Waals surface area (Å²) in [7, 11) is 1.57. The Bertz CT molecular complexity index is 443. The number of thioether (sulfide) groups is 2.